The number of imidazole rings is 1. The van der Waals surface area contributed by atoms with Crippen molar-refractivity contribution in [1.82, 2.24) is 14.9 Å². The van der Waals surface area contributed by atoms with Crippen LogP contribution in [0.4, 0.5) is 0 Å². The Kier molecular flexibility index (Phi) is 8.34. The van der Waals surface area contributed by atoms with E-state index in [-0.39, 0.29) is 5.91 Å². The number of nitrogens with one attached hydrogen (secondary N) is 1. The van der Waals surface area contributed by atoms with Crippen LogP contribution in [0.5, 0.6) is 5.75 Å². The van der Waals surface area contributed by atoms with E-state index in [1.165, 1.54) is 0 Å². The van der Waals surface area contributed by atoms with Crippen molar-refractivity contribution in [3.63, 3.8) is 0 Å². The second kappa shape index (κ2) is 12.0. The van der Waals surface area contributed by atoms with Crippen LogP contribution in [0.15, 0.2) is 85.5 Å². The number of hydrogen-bond acceptors (Lipinski definition) is 3. The van der Waals surface area contributed by atoms with Gasteiger partial charge in [-0.25, -0.2) is 4.98 Å². The number of benzene rings is 3. The molecule has 0 spiro atoms. The average molecular weight is 468 g/mol. The molecule has 1 heterocycles. The molecule has 0 saturated heterocycles. The highest BCUT2D eigenvalue weighted by molar-refractivity contribution is 5.79. The summed E-state index contributed by atoms with van der Waals surface area (Å²) in [6.07, 6.45) is 4.62. The first-order chi connectivity index (χ1) is 17.2. The quantitative estimate of drug-likeness (QED) is 0.223. The van der Waals surface area contributed by atoms with Crippen molar-refractivity contribution >= 4 is 16.9 Å². The summed E-state index contributed by atoms with van der Waals surface area (Å²) in [5.74, 6) is 1.93. The molecule has 4 aromatic rings. The van der Waals surface area contributed by atoms with E-state index in [0.717, 1.165) is 58.7 Å². The number of fused-ring (bicyclic) bond motifs is 1. The maximum atomic E-state index is 12.5. The van der Waals surface area contributed by atoms with Crippen molar-refractivity contribution in [2.75, 3.05) is 13.2 Å². The molecule has 3 aromatic carbocycles. The van der Waals surface area contributed by atoms with Crippen LogP contribution in [0.1, 0.15) is 28.9 Å². The lowest BCUT2D eigenvalue weighted by atomic mass is 10.1. The van der Waals surface area contributed by atoms with Gasteiger partial charge in [0.2, 0.25) is 5.91 Å². The smallest absolute Gasteiger partial charge is 0.224 e. The third kappa shape index (κ3) is 6.38. The van der Waals surface area contributed by atoms with Gasteiger partial charge in [0.25, 0.3) is 0 Å². The Morgan fingerprint density at radius 3 is 2.60 bits per heavy atom. The van der Waals surface area contributed by atoms with E-state index in [1.807, 2.05) is 73.7 Å². The van der Waals surface area contributed by atoms with Crippen LogP contribution >= 0.6 is 0 Å². The molecule has 5 heteroatoms. The van der Waals surface area contributed by atoms with Gasteiger partial charge in [-0.2, -0.15) is 0 Å². The summed E-state index contributed by atoms with van der Waals surface area (Å²) < 4.78 is 8.33. The van der Waals surface area contributed by atoms with Gasteiger partial charge in [0.1, 0.15) is 11.6 Å². The first-order valence-electron chi connectivity index (χ1n) is 12.2. The zero-order chi connectivity index (χ0) is 24.5. The Labute approximate surface area is 207 Å². The molecule has 0 aliphatic rings. The Bertz CT molecular complexity index is 1290. The lowest BCUT2D eigenvalue weighted by Gasteiger charge is -2.13. The van der Waals surface area contributed by atoms with Gasteiger partial charge in [-0.3, -0.25) is 4.79 Å². The van der Waals surface area contributed by atoms with E-state index in [1.54, 1.807) is 0 Å². The van der Waals surface area contributed by atoms with Crippen LogP contribution in [0.25, 0.3) is 11.0 Å². The van der Waals surface area contributed by atoms with E-state index in [2.05, 4.69) is 28.6 Å². The summed E-state index contributed by atoms with van der Waals surface area (Å²) >= 11 is 0. The van der Waals surface area contributed by atoms with Gasteiger partial charge in [0.15, 0.2) is 0 Å². The molecule has 0 aliphatic heterocycles. The number of nitrogens with zero attached hydrogens (tertiary/aromatic N) is 2. The number of rotatable bonds is 12. The zero-order valence-electron chi connectivity index (χ0n) is 20.4. The van der Waals surface area contributed by atoms with Crippen molar-refractivity contribution in [1.29, 1.82) is 0 Å². The SMILES string of the molecule is C=CCc1ccccc1OCCCn1c(CCNC(=O)Cc2ccccc2C)nc2ccccc21. The third-order valence-corrected chi connectivity index (χ3v) is 6.14. The maximum absolute atomic E-state index is 12.5. The van der Waals surface area contributed by atoms with Gasteiger partial charge < -0.3 is 14.6 Å². The molecule has 0 aliphatic carbocycles. The molecule has 0 unspecified atom stereocenters. The number of para-hydroxylation sites is 3. The van der Waals surface area contributed by atoms with Crippen molar-refractivity contribution in [3.05, 3.63) is 108 Å². The fourth-order valence-corrected chi connectivity index (χ4v) is 4.30. The molecule has 0 saturated carbocycles. The summed E-state index contributed by atoms with van der Waals surface area (Å²) in [5, 5.41) is 3.06. The van der Waals surface area contributed by atoms with E-state index in [0.29, 0.717) is 26.0 Å². The number of amides is 1. The van der Waals surface area contributed by atoms with E-state index in [9.17, 15) is 4.79 Å². The van der Waals surface area contributed by atoms with Crippen LogP contribution in [0.3, 0.4) is 0 Å². The molecule has 0 radical (unpaired) electrons. The normalized spacial score (nSPS) is 10.9. The summed E-state index contributed by atoms with van der Waals surface area (Å²) in [6.45, 7) is 7.84. The van der Waals surface area contributed by atoms with Crippen molar-refractivity contribution in [3.8, 4) is 5.75 Å². The summed E-state index contributed by atoms with van der Waals surface area (Å²) in [6, 6.07) is 24.3. The largest absolute Gasteiger partial charge is 0.493 e. The van der Waals surface area contributed by atoms with Gasteiger partial charge in [-0.15, -0.1) is 6.58 Å². The fourth-order valence-electron chi connectivity index (χ4n) is 4.30. The number of carbonyl (C=O) groups excluding carboxylic acids is 1. The molecule has 1 aromatic heterocycles. The number of ether oxygens (including phenoxy) is 1. The molecular weight excluding hydrogens is 434 g/mol. The van der Waals surface area contributed by atoms with E-state index >= 15 is 0 Å². The van der Waals surface area contributed by atoms with Crippen LogP contribution in [0.2, 0.25) is 0 Å². The van der Waals surface area contributed by atoms with E-state index in [4.69, 9.17) is 9.72 Å². The summed E-state index contributed by atoms with van der Waals surface area (Å²) in [5.41, 5.74) is 5.44. The molecule has 0 atom stereocenters. The van der Waals surface area contributed by atoms with Crippen molar-refractivity contribution < 1.29 is 9.53 Å². The minimum atomic E-state index is 0.0357. The topological polar surface area (TPSA) is 56.1 Å². The molecule has 4 rings (SSSR count). The predicted molar refractivity (Wildman–Crippen MR) is 142 cm³/mol. The number of hydrogen-bond donors (Lipinski definition) is 1. The molecule has 5 nitrogen and oxygen atoms in total. The molecule has 0 bridgehead atoms. The molecule has 1 amide bonds. The second-order valence-electron chi connectivity index (χ2n) is 8.67. The Morgan fingerprint density at radius 2 is 1.77 bits per heavy atom. The Balaban J connectivity index is 1.35. The van der Waals surface area contributed by atoms with Crippen LogP contribution in [-0.4, -0.2) is 28.6 Å². The highest BCUT2D eigenvalue weighted by Crippen LogP contribution is 2.20. The number of carbonyl (C=O) groups is 1. The third-order valence-electron chi connectivity index (χ3n) is 6.14. The van der Waals surface area contributed by atoms with Gasteiger partial charge in [0, 0.05) is 19.5 Å². The van der Waals surface area contributed by atoms with Crippen LogP contribution < -0.4 is 10.1 Å². The Morgan fingerprint density at radius 1 is 1.03 bits per heavy atom. The number of aromatic nitrogens is 2. The van der Waals surface area contributed by atoms with Crippen LogP contribution in [-0.2, 0) is 30.6 Å². The molecular formula is C30H33N3O2. The summed E-state index contributed by atoms with van der Waals surface area (Å²) in [4.78, 5) is 17.3. The minimum absolute atomic E-state index is 0.0357. The molecule has 0 fully saturated rings. The van der Waals surface area contributed by atoms with Gasteiger partial charge >= 0.3 is 0 Å². The van der Waals surface area contributed by atoms with Crippen LogP contribution in [0, 0.1) is 6.92 Å². The first kappa shape index (κ1) is 24.3. The Hall–Kier alpha value is -3.86. The minimum Gasteiger partial charge on any atom is -0.493 e. The number of aryl methyl sites for hydroxylation is 2. The van der Waals surface area contributed by atoms with Crippen molar-refractivity contribution in [2.24, 2.45) is 0 Å². The highest BCUT2D eigenvalue weighted by atomic mass is 16.5. The van der Waals surface area contributed by atoms with Gasteiger partial charge in [-0.1, -0.05) is 60.7 Å². The van der Waals surface area contributed by atoms with Gasteiger partial charge in [0.05, 0.1) is 24.1 Å². The molecule has 35 heavy (non-hydrogen) atoms. The monoisotopic (exact) mass is 467 g/mol. The lowest BCUT2D eigenvalue weighted by molar-refractivity contribution is -0.120. The summed E-state index contributed by atoms with van der Waals surface area (Å²) in [7, 11) is 0. The first-order valence-corrected chi connectivity index (χ1v) is 12.2. The average Bonchev–Trinajstić information content (AvgIpc) is 3.21. The maximum Gasteiger partial charge on any atom is 0.224 e. The van der Waals surface area contributed by atoms with E-state index < -0.39 is 0 Å². The standard InChI is InChI=1S/C30H33N3O2/c1-3-11-24-13-6-9-17-28(24)35-21-10-20-33-27-16-8-7-15-26(27)32-29(33)18-19-31-30(34)22-25-14-5-4-12-23(25)2/h3-9,12-17H,1,10-11,18-22H2,2H3,(H,31,34). The fraction of sp³-hybridized carbons (Fsp3) is 0.267. The zero-order valence-corrected chi connectivity index (χ0v) is 20.4. The van der Waals surface area contributed by atoms with Crippen molar-refractivity contribution in [2.45, 2.75) is 39.2 Å². The molecule has 180 valence electrons. The lowest BCUT2D eigenvalue weighted by Crippen LogP contribution is -2.28. The molecule has 1 N–H and O–H groups in total. The van der Waals surface area contributed by atoms with Gasteiger partial charge in [-0.05, 0) is 54.7 Å². The predicted octanol–water partition coefficient (Wildman–Crippen LogP) is 5.44. The number of allylic oxidation sites excluding steroid dienone is 1. The highest BCUT2D eigenvalue weighted by Gasteiger charge is 2.12. The second-order valence-corrected chi connectivity index (χ2v) is 8.67.